The van der Waals surface area contributed by atoms with E-state index in [0.29, 0.717) is 0 Å². The van der Waals surface area contributed by atoms with E-state index in [2.05, 4.69) is 6.92 Å². The van der Waals surface area contributed by atoms with E-state index < -0.39 is 0 Å². The van der Waals surface area contributed by atoms with E-state index in [1.54, 1.807) is 6.92 Å². The van der Waals surface area contributed by atoms with E-state index in [4.69, 9.17) is 4.74 Å². The summed E-state index contributed by atoms with van der Waals surface area (Å²) in [7, 11) is 0. The summed E-state index contributed by atoms with van der Waals surface area (Å²) < 4.78 is 5.76. The molecule has 0 fully saturated rings. The monoisotopic (exact) mass is 388 g/mol. The lowest BCUT2D eigenvalue weighted by Gasteiger charge is -2.07. The maximum atomic E-state index is 11.4. The van der Waals surface area contributed by atoms with Crippen LogP contribution >= 0.6 is 0 Å². The Kier molecular flexibility index (Phi) is 15.7. The molecule has 0 spiro atoms. The van der Waals surface area contributed by atoms with Crippen molar-refractivity contribution in [3.8, 4) is 5.75 Å². The molecule has 0 N–H and O–H groups in total. The molecule has 0 aliphatic rings. The SMILES string of the molecule is CCCCCCCCCCCCCCCCCCOc1cccc(C(C)=O)c1. The van der Waals surface area contributed by atoms with E-state index in [1.165, 1.54) is 96.3 Å². The largest absolute Gasteiger partial charge is 0.494 e. The lowest BCUT2D eigenvalue weighted by Crippen LogP contribution is -1.99. The minimum Gasteiger partial charge on any atom is -0.494 e. The fourth-order valence-corrected chi connectivity index (χ4v) is 3.65. The molecule has 0 radical (unpaired) electrons. The zero-order valence-electron chi connectivity index (χ0n) is 18.6. The van der Waals surface area contributed by atoms with Crippen molar-refractivity contribution in [2.24, 2.45) is 0 Å². The van der Waals surface area contributed by atoms with E-state index >= 15 is 0 Å². The van der Waals surface area contributed by atoms with Crippen molar-refractivity contribution in [2.75, 3.05) is 6.61 Å². The summed E-state index contributed by atoms with van der Waals surface area (Å²) >= 11 is 0. The van der Waals surface area contributed by atoms with Gasteiger partial charge in [0, 0.05) is 5.56 Å². The van der Waals surface area contributed by atoms with Gasteiger partial charge in [0.25, 0.3) is 0 Å². The number of Topliss-reactive ketones (excluding diaryl/α,β-unsaturated/α-hetero) is 1. The highest BCUT2D eigenvalue weighted by atomic mass is 16.5. The average Bonchev–Trinajstić information content (AvgIpc) is 2.70. The summed E-state index contributed by atoms with van der Waals surface area (Å²) in [5.41, 5.74) is 0.726. The van der Waals surface area contributed by atoms with Crippen molar-refractivity contribution in [2.45, 2.75) is 117 Å². The van der Waals surface area contributed by atoms with Crippen LogP contribution in [0.4, 0.5) is 0 Å². The van der Waals surface area contributed by atoms with Crippen molar-refractivity contribution in [1.29, 1.82) is 0 Å². The van der Waals surface area contributed by atoms with Gasteiger partial charge < -0.3 is 4.74 Å². The average molecular weight is 389 g/mol. The van der Waals surface area contributed by atoms with Gasteiger partial charge in [-0.3, -0.25) is 4.79 Å². The van der Waals surface area contributed by atoms with Crippen LogP contribution in [-0.4, -0.2) is 12.4 Å². The van der Waals surface area contributed by atoms with Crippen LogP contribution in [0.2, 0.25) is 0 Å². The molecule has 0 aromatic heterocycles. The van der Waals surface area contributed by atoms with Gasteiger partial charge in [0.15, 0.2) is 5.78 Å². The Bertz CT molecular complexity index is 495. The minimum absolute atomic E-state index is 0.0906. The highest BCUT2D eigenvalue weighted by Crippen LogP contribution is 2.16. The summed E-state index contributed by atoms with van der Waals surface area (Å²) in [6.07, 6.45) is 22.1. The molecule has 0 heterocycles. The summed E-state index contributed by atoms with van der Waals surface area (Å²) in [4.78, 5) is 11.4. The Morgan fingerprint density at radius 3 is 1.64 bits per heavy atom. The highest BCUT2D eigenvalue weighted by Gasteiger charge is 2.01. The Morgan fingerprint density at radius 2 is 1.18 bits per heavy atom. The molecule has 0 atom stereocenters. The fraction of sp³-hybridized carbons (Fsp3) is 0.731. The predicted octanol–water partition coefficient (Wildman–Crippen LogP) is 8.53. The van der Waals surface area contributed by atoms with Crippen LogP contribution in [0.3, 0.4) is 0 Å². The molecule has 1 rings (SSSR count). The predicted molar refractivity (Wildman–Crippen MR) is 121 cm³/mol. The Balaban J connectivity index is 1.81. The van der Waals surface area contributed by atoms with Gasteiger partial charge in [-0.15, -0.1) is 0 Å². The minimum atomic E-state index is 0.0906. The number of ether oxygens (including phenoxy) is 1. The third kappa shape index (κ3) is 13.8. The van der Waals surface area contributed by atoms with Crippen LogP contribution in [0.25, 0.3) is 0 Å². The number of benzene rings is 1. The molecule has 1 aromatic carbocycles. The number of hydrogen-bond acceptors (Lipinski definition) is 2. The molecule has 1 aromatic rings. The topological polar surface area (TPSA) is 26.3 Å². The van der Waals surface area contributed by atoms with E-state index in [9.17, 15) is 4.79 Å². The van der Waals surface area contributed by atoms with Crippen molar-refractivity contribution in [3.05, 3.63) is 29.8 Å². The molecule has 0 saturated heterocycles. The molecule has 160 valence electrons. The second-order valence-corrected chi connectivity index (χ2v) is 8.24. The molecular weight excluding hydrogens is 344 g/mol. The van der Waals surface area contributed by atoms with E-state index in [1.807, 2.05) is 24.3 Å². The molecule has 2 heteroatoms. The smallest absolute Gasteiger partial charge is 0.159 e. The normalized spacial score (nSPS) is 10.9. The number of carbonyl (C=O) groups is 1. The molecule has 28 heavy (non-hydrogen) atoms. The van der Waals surface area contributed by atoms with Crippen LogP contribution in [0.5, 0.6) is 5.75 Å². The molecule has 0 aliphatic heterocycles. The second kappa shape index (κ2) is 17.8. The summed E-state index contributed by atoms with van der Waals surface area (Å²) in [5, 5.41) is 0. The molecule has 0 unspecified atom stereocenters. The lowest BCUT2D eigenvalue weighted by molar-refractivity contribution is 0.101. The first kappa shape index (κ1) is 24.7. The van der Waals surface area contributed by atoms with Crippen LogP contribution in [0.1, 0.15) is 127 Å². The van der Waals surface area contributed by atoms with E-state index in [0.717, 1.165) is 24.3 Å². The number of unbranched alkanes of at least 4 members (excludes halogenated alkanes) is 15. The van der Waals surface area contributed by atoms with Crippen molar-refractivity contribution in [1.82, 2.24) is 0 Å². The fourth-order valence-electron chi connectivity index (χ4n) is 3.65. The standard InChI is InChI=1S/C26H44O2/c1-3-4-5-6-7-8-9-10-11-12-13-14-15-16-17-18-22-28-26-21-19-20-25(23-26)24(2)27/h19-21,23H,3-18,22H2,1-2H3. The van der Waals surface area contributed by atoms with Crippen LogP contribution in [0.15, 0.2) is 24.3 Å². The quantitative estimate of drug-likeness (QED) is 0.175. The van der Waals surface area contributed by atoms with Gasteiger partial charge in [-0.1, -0.05) is 115 Å². The molecule has 0 aliphatic carbocycles. The summed E-state index contributed by atoms with van der Waals surface area (Å²) in [6.45, 7) is 4.63. The molecule has 0 amide bonds. The molecule has 0 saturated carbocycles. The van der Waals surface area contributed by atoms with Crippen molar-refractivity contribution < 1.29 is 9.53 Å². The maximum Gasteiger partial charge on any atom is 0.159 e. The Labute approximate surface area is 174 Å². The van der Waals surface area contributed by atoms with Gasteiger partial charge in [0.2, 0.25) is 0 Å². The molecule has 0 bridgehead atoms. The first-order valence-corrected chi connectivity index (χ1v) is 12.0. The summed E-state index contributed by atoms with van der Waals surface area (Å²) in [5.74, 6) is 0.904. The van der Waals surface area contributed by atoms with Gasteiger partial charge in [0.05, 0.1) is 6.61 Å². The first-order chi connectivity index (χ1) is 13.7. The van der Waals surface area contributed by atoms with Crippen LogP contribution in [0, 0.1) is 0 Å². The zero-order valence-corrected chi connectivity index (χ0v) is 18.6. The van der Waals surface area contributed by atoms with Gasteiger partial charge in [0.1, 0.15) is 5.75 Å². The van der Waals surface area contributed by atoms with Crippen LogP contribution < -0.4 is 4.74 Å². The van der Waals surface area contributed by atoms with Crippen LogP contribution in [-0.2, 0) is 0 Å². The van der Waals surface area contributed by atoms with Gasteiger partial charge >= 0.3 is 0 Å². The van der Waals surface area contributed by atoms with E-state index in [-0.39, 0.29) is 5.78 Å². The third-order valence-electron chi connectivity index (χ3n) is 5.51. The van der Waals surface area contributed by atoms with Gasteiger partial charge in [-0.2, -0.15) is 0 Å². The van der Waals surface area contributed by atoms with Crippen molar-refractivity contribution in [3.63, 3.8) is 0 Å². The lowest BCUT2D eigenvalue weighted by atomic mass is 10.0. The van der Waals surface area contributed by atoms with Gasteiger partial charge in [-0.25, -0.2) is 0 Å². The second-order valence-electron chi connectivity index (χ2n) is 8.24. The highest BCUT2D eigenvalue weighted by molar-refractivity contribution is 5.94. The first-order valence-electron chi connectivity index (χ1n) is 12.0. The number of ketones is 1. The molecule has 2 nitrogen and oxygen atoms in total. The number of carbonyl (C=O) groups excluding carboxylic acids is 1. The van der Waals surface area contributed by atoms with Crippen molar-refractivity contribution >= 4 is 5.78 Å². The number of rotatable bonds is 19. The summed E-state index contributed by atoms with van der Waals surface area (Å²) in [6, 6.07) is 7.50. The molecular formula is C26H44O2. The number of hydrogen-bond donors (Lipinski definition) is 0. The van der Waals surface area contributed by atoms with Gasteiger partial charge in [-0.05, 0) is 25.5 Å². The Morgan fingerprint density at radius 1 is 0.714 bits per heavy atom. The Hall–Kier alpha value is -1.31. The maximum absolute atomic E-state index is 11.4. The zero-order chi connectivity index (χ0) is 20.3. The third-order valence-corrected chi connectivity index (χ3v) is 5.51.